The third kappa shape index (κ3) is 2.48. The fraction of sp³-hybridized carbons (Fsp3) is 0.200. The monoisotopic (exact) mass is 271 g/mol. The zero-order chi connectivity index (χ0) is 13.9. The van der Waals surface area contributed by atoms with E-state index in [0.29, 0.717) is 34.9 Å². The predicted octanol–water partition coefficient (Wildman–Crippen LogP) is 2.67. The van der Waals surface area contributed by atoms with Crippen LogP contribution in [-0.4, -0.2) is 18.4 Å². The van der Waals surface area contributed by atoms with Gasteiger partial charge in [-0.05, 0) is 31.2 Å². The van der Waals surface area contributed by atoms with Crippen LogP contribution in [0, 0.1) is 0 Å². The van der Waals surface area contributed by atoms with Crippen LogP contribution in [0.4, 0.5) is 0 Å². The van der Waals surface area contributed by atoms with Crippen LogP contribution < -0.4 is 10.2 Å². The van der Waals surface area contributed by atoms with Crippen molar-refractivity contribution < 1.29 is 13.9 Å². The molecule has 1 aromatic carbocycles. The van der Waals surface area contributed by atoms with Crippen LogP contribution in [-0.2, 0) is 4.74 Å². The average molecular weight is 271 g/mol. The molecule has 0 spiro atoms. The molecule has 0 radical (unpaired) electrons. The Kier molecular flexibility index (Phi) is 3.35. The fourth-order valence-electron chi connectivity index (χ4n) is 1.87. The highest BCUT2D eigenvalue weighted by molar-refractivity contribution is 5.77. The van der Waals surface area contributed by atoms with Gasteiger partial charge in [0.2, 0.25) is 0 Å². The molecular formula is C15H13NO4. The van der Waals surface area contributed by atoms with E-state index in [1.54, 1.807) is 18.2 Å². The van der Waals surface area contributed by atoms with E-state index < -0.39 is 0 Å². The molecule has 1 aliphatic carbocycles. The average Bonchev–Trinajstić information content (AvgIpc) is 2.45. The molecule has 1 aliphatic heterocycles. The lowest BCUT2D eigenvalue weighted by Crippen LogP contribution is -2.02. The molecule has 0 saturated carbocycles. The van der Waals surface area contributed by atoms with Crippen LogP contribution in [0.2, 0.25) is 0 Å². The second-order valence-corrected chi connectivity index (χ2v) is 4.23. The number of ether oxygens (including phenoxy) is 2. The summed E-state index contributed by atoms with van der Waals surface area (Å²) < 4.78 is 16.2. The number of hydrogen-bond acceptors (Lipinski definition) is 5. The van der Waals surface area contributed by atoms with Crippen LogP contribution in [0.25, 0.3) is 22.6 Å². The van der Waals surface area contributed by atoms with E-state index in [9.17, 15) is 4.79 Å². The van der Waals surface area contributed by atoms with Crippen LogP contribution in [0.3, 0.4) is 0 Å². The Labute approximate surface area is 115 Å². The number of fused-ring (bicyclic) bond motifs is 2. The lowest BCUT2D eigenvalue weighted by molar-refractivity contribution is 0.0224. The first-order chi connectivity index (χ1) is 9.76. The summed E-state index contributed by atoms with van der Waals surface area (Å²) in [6.07, 6.45) is 0. The Balaban J connectivity index is 2.02. The second kappa shape index (κ2) is 5.30. The van der Waals surface area contributed by atoms with Gasteiger partial charge in [-0.15, -0.1) is 0 Å². The van der Waals surface area contributed by atoms with E-state index in [4.69, 9.17) is 13.9 Å². The smallest absolute Gasteiger partial charge is 0.189 e. The Bertz CT molecular complexity index is 765. The molecule has 2 aliphatic rings. The van der Waals surface area contributed by atoms with Gasteiger partial charge in [-0.2, -0.15) is 0 Å². The molecule has 3 rings (SSSR count). The van der Waals surface area contributed by atoms with Gasteiger partial charge in [0.15, 0.2) is 23.6 Å². The van der Waals surface area contributed by atoms with E-state index in [2.05, 4.69) is 4.98 Å². The second-order valence-electron chi connectivity index (χ2n) is 4.23. The Morgan fingerprint density at radius 3 is 2.95 bits per heavy atom. The first-order valence-corrected chi connectivity index (χ1v) is 6.31. The van der Waals surface area contributed by atoms with Gasteiger partial charge in [-0.3, -0.25) is 4.79 Å². The SMILES string of the molecule is CCOCOc1ccc2nc3ccc(=O)cc-3oc2c1. The standard InChI is InChI=1S/C15H13NO4/c1-2-18-9-19-11-4-6-13-15(8-11)20-14-7-10(17)3-5-12(14)16-13/h3-8H,2,9H2,1H3. The molecule has 0 aromatic heterocycles. The Hall–Kier alpha value is -2.40. The van der Waals surface area contributed by atoms with Crippen molar-refractivity contribution in [1.29, 1.82) is 0 Å². The van der Waals surface area contributed by atoms with Crippen molar-refractivity contribution in [3.05, 3.63) is 46.6 Å². The van der Waals surface area contributed by atoms with Crippen LogP contribution in [0.1, 0.15) is 6.92 Å². The largest absolute Gasteiger partial charge is 0.467 e. The van der Waals surface area contributed by atoms with Crippen LogP contribution >= 0.6 is 0 Å². The third-order valence-corrected chi connectivity index (χ3v) is 2.84. The summed E-state index contributed by atoms with van der Waals surface area (Å²) in [6.45, 7) is 2.68. The van der Waals surface area contributed by atoms with Gasteiger partial charge in [0.05, 0.1) is 0 Å². The number of benzene rings is 2. The minimum atomic E-state index is -0.105. The lowest BCUT2D eigenvalue weighted by Gasteiger charge is -2.08. The summed E-state index contributed by atoms with van der Waals surface area (Å²) in [5, 5.41) is 0. The Morgan fingerprint density at radius 2 is 2.10 bits per heavy atom. The lowest BCUT2D eigenvalue weighted by atomic mass is 10.2. The van der Waals surface area contributed by atoms with Gasteiger partial charge in [0.1, 0.15) is 17.0 Å². The number of nitrogens with zero attached hydrogens (tertiary/aromatic N) is 1. The van der Waals surface area contributed by atoms with E-state index in [1.165, 1.54) is 12.1 Å². The molecule has 1 heterocycles. The number of hydrogen-bond donors (Lipinski definition) is 0. The molecule has 0 amide bonds. The number of rotatable bonds is 4. The minimum Gasteiger partial charge on any atom is -0.467 e. The van der Waals surface area contributed by atoms with Crippen molar-refractivity contribution in [2.24, 2.45) is 0 Å². The van der Waals surface area contributed by atoms with E-state index in [0.717, 1.165) is 0 Å². The van der Waals surface area contributed by atoms with Gasteiger partial charge < -0.3 is 13.9 Å². The van der Waals surface area contributed by atoms with Crippen molar-refractivity contribution >= 4 is 11.1 Å². The topological polar surface area (TPSA) is 61.6 Å². The molecule has 0 saturated heterocycles. The molecule has 0 bridgehead atoms. The first kappa shape index (κ1) is 12.6. The van der Waals surface area contributed by atoms with Gasteiger partial charge in [-0.25, -0.2) is 4.98 Å². The summed E-state index contributed by atoms with van der Waals surface area (Å²) in [7, 11) is 0. The van der Waals surface area contributed by atoms with Crippen molar-refractivity contribution in [3.63, 3.8) is 0 Å². The minimum absolute atomic E-state index is 0.105. The van der Waals surface area contributed by atoms with Crippen molar-refractivity contribution in [3.8, 4) is 17.2 Å². The fourth-order valence-corrected chi connectivity index (χ4v) is 1.87. The molecule has 102 valence electrons. The van der Waals surface area contributed by atoms with E-state index >= 15 is 0 Å². The maximum Gasteiger partial charge on any atom is 0.189 e. The molecule has 0 fully saturated rings. The first-order valence-electron chi connectivity index (χ1n) is 6.31. The van der Waals surface area contributed by atoms with E-state index in [1.807, 2.05) is 13.0 Å². The van der Waals surface area contributed by atoms with Crippen molar-refractivity contribution in [1.82, 2.24) is 4.98 Å². The summed E-state index contributed by atoms with van der Waals surface area (Å²) >= 11 is 0. The molecule has 5 nitrogen and oxygen atoms in total. The quantitative estimate of drug-likeness (QED) is 0.415. The normalized spacial score (nSPS) is 11.1. The molecule has 0 atom stereocenters. The maximum absolute atomic E-state index is 11.3. The summed E-state index contributed by atoms with van der Waals surface area (Å²) in [5.41, 5.74) is 1.82. The summed E-state index contributed by atoms with van der Waals surface area (Å²) in [6, 6.07) is 9.90. The van der Waals surface area contributed by atoms with E-state index in [-0.39, 0.29) is 12.2 Å². The molecule has 1 aromatic rings. The predicted molar refractivity (Wildman–Crippen MR) is 74.0 cm³/mol. The third-order valence-electron chi connectivity index (χ3n) is 2.84. The Morgan fingerprint density at radius 1 is 1.20 bits per heavy atom. The van der Waals surface area contributed by atoms with Crippen LogP contribution in [0.15, 0.2) is 45.6 Å². The zero-order valence-electron chi connectivity index (χ0n) is 11.0. The molecule has 0 unspecified atom stereocenters. The number of aromatic nitrogens is 1. The van der Waals surface area contributed by atoms with Gasteiger partial charge in [-0.1, -0.05) is 0 Å². The molecule has 20 heavy (non-hydrogen) atoms. The highest BCUT2D eigenvalue weighted by Gasteiger charge is 2.09. The molecular weight excluding hydrogens is 258 g/mol. The van der Waals surface area contributed by atoms with Crippen LogP contribution in [0.5, 0.6) is 5.75 Å². The molecule has 0 N–H and O–H groups in total. The zero-order valence-corrected chi connectivity index (χ0v) is 11.0. The van der Waals surface area contributed by atoms with Gasteiger partial charge in [0, 0.05) is 18.7 Å². The summed E-state index contributed by atoms with van der Waals surface area (Å²) in [5.74, 6) is 1.10. The molecule has 5 heteroatoms. The highest BCUT2D eigenvalue weighted by Crippen LogP contribution is 2.26. The van der Waals surface area contributed by atoms with Crippen molar-refractivity contribution in [2.75, 3.05) is 13.4 Å². The summed E-state index contributed by atoms with van der Waals surface area (Å²) in [4.78, 5) is 15.8. The highest BCUT2D eigenvalue weighted by atomic mass is 16.7. The van der Waals surface area contributed by atoms with Crippen molar-refractivity contribution in [2.45, 2.75) is 6.92 Å². The van der Waals surface area contributed by atoms with Gasteiger partial charge >= 0.3 is 0 Å². The van der Waals surface area contributed by atoms with Gasteiger partial charge in [0.25, 0.3) is 0 Å². The maximum atomic E-state index is 11.3.